The van der Waals surface area contributed by atoms with Crippen molar-refractivity contribution in [2.24, 2.45) is 11.8 Å². The lowest BCUT2D eigenvalue weighted by molar-refractivity contribution is -0.122. The average molecular weight is 263 g/mol. The molecule has 104 valence electrons. The molecule has 1 amide bonds. The van der Waals surface area contributed by atoms with Crippen molar-refractivity contribution in [2.45, 2.75) is 26.7 Å². The van der Waals surface area contributed by atoms with E-state index in [0.717, 1.165) is 36.4 Å². The Labute approximate surface area is 113 Å². The number of aryl methyl sites for hydroxylation is 1. The molecule has 1 aromatic rings. The fourth-order valence-electron chi connectivity index (χ4n) is 2.27. The van der Waals surface area contributed by atoms with Crippen LogP contribution in [-0.4, -0.2) is 24.2 Å². The predicted octanol–water partition coefficient (Wildman–Crippen LogP) is 2.21. The van der Waals surface area contributed by atoms with Crippen LogP contribution >= 0.6 is 0 Å². The van der Waals surface area contributed by atoms with Crippen molar-refractivity contribution in [1.29, 1.82) is 0 Å². The van der Waals surface area contributed by atoms with Crippen LogP contribution in [0.1, 0.15) is 25.8 Å². The van der Waals surface area contributed by atoms with E-state index in [1.54, 1.807) is 0 Å². The second-order valence-electron chi connectivity index (χ2n) is 5.30. The minimum atomic E-state index is -0.368. The number of anilines is 1. The molecule has 0 radical (unpaired) electrons. The minimum absolute atomic E-state index is 0.117. The summed E-state index contributed by atoms with van der Waals surface area (Å²) in [6.45, 7) is 4.50. The summed E-state index contributed by atoms with van der Waals surface area (Å²) in [5.74, 6) is 0.527. The van der Waals surface area contributed by atoms with Gasteiger partial charge in [0.25, 0.3) is 0 Å². The Kier molecular flexibility index (Phi) is 4.43. The molecule has 0 aliphatic carbocycles. The van der Waals surface area contributed by atoms with Gasteiger partial charge in [0.2, 0.25) is 5.91 Å². The highest BCUT2D eigenvalue weighted by atomic mass is 16.5. The van der Waals surface area contributed by atoms with Crippen LogP contribution in [0.15, 0.2) is 18.2 Å². The molecule has 1 atom stereocenters. The molecule has 2 N–H and O–H groups in total. The number of amides is 1. The van der Waals surface area contributed by atoms with E-state index < -0.39 is 0 Å². The highest BCUT2D eigenvalue weighted by molar-refractivity contribution is 5.93. The lowest BCUT2D eigenvalue weighted by atomic mass is 9.95. The summed E-state index contributed by atoms with van der Waals surface area (Å²) < 4.78 is 5.54. The molecule has 0 bridgehead atoms. The van der Waals surface area contributed by atoms with Crippen molar-refractivity contribution in [1.82, 2.24) is 0 Å². The first-order valence-electron chi connectivity index (χ1n) is 6.79. The Morgan fingerprint density at radius 3 is 2.95 bits per heavy atom. The van der Waals surface area contributed by atoms with Crippen molar-refractivity contribution in [2.75, 3.05) is 18.5 Å². The van der Waals surface area contributed by atoms with Crippen LogP contribution in [0.4, 0.5) is 5.69 Å². The molecule has 4 nitrogen and oxygen atoms in total. The van der Waals surface area contributed by atoms with Gasteiger partial charge in [0.05, 0.1) is 19.1 Å². The number of aliphatic hydroxyl groups excluding tert-OH is 1. The summed E-state index contributed by atoms with van der Waals surface area (Å²) in [5, 5.41) is 12.1. The number of benzene rings is 1. The van der Waals surface area contributed by atoms with Crippen LogP contribution in [-0.2, 0) is 11.2 Å². The molecule has 19 heavy (non-hydrogen) atoms. The van der Waals surface area contributed by atoms with Gasteiger partial charge in [-0.3, -0.25) is 4.79 Å². The average Bonchev–Trinajstić information content (AvgIpc) is 2.39. The summed E-state index contributed by atoms with van der Waals surface area (Å²) in [5.41, 5.74) is 1.91. The van der Waals surface area contributed by atoms with Crippen LogP contribution in [0.5, 0.6) is 5.75 Å². The zero-order valence-corrected chi connectivity index (χ0v) is 11.5. The second kappa shape index (κ2) is 6.06. The normalized spacial score (nSPS) is 15.6. The number of aliphatic hydroxyl groups is 1. The van der Waals surface area contributed by atoms with E-state index >= 15 is 0 Å². The third kappa shape index (κ3) is 3.26. The number of carbonyl (C=O) groups is 1. The van der Waals surface area contributed by atoms with E-state index in [1.165, 1.54) is 0 Å². The molecule has 0 saturated carbocycles. The standard InChI is InChI=1S/C15H21NO3/c1-10(2)13(9-17)15(18)16-12-5-6-14-11(8-12)4-3-7-19-14/h5-6,8,10,13,17H,3-4,7,9H2,1-2H3,(H,16,18). The molecule has 1 aliphatic rings. The van der Waals surface area contributed by atoms with Gasteiger partial charge in [-0.05, 0) is 42.5 Å². The van der Waals surface area contributed by atoms with Crippen molar-refractivity contribution in [3.63, 3.8) is 0 Å². The van der Waals surface area contributed by atoms with E-state index in [0.29, 0.717) is 0 Å². The van der Waals surface area contributed by atoms with Gasteiger partial charge >= 0.3 is 0 Å². The molecule has 0 spiro atoms. The molecule has 1 unspecified atom stereocenters. The van der Waals surface area contributed by atoms with Gasteiger partial charge in [-0.25, -0.2) is 0 Å². The topological polar surface area (TPSA) is 58.6 Å². The Bertz CT molecular complexity index is 457. The number of hydrogen-bond acceptors (Lipinski definition) is 3. The first-order chi connectivity index (χ1) is 9.11. The Hall–Kier alpha value is -1.55. The van der Waals surface area contributed by atoms with E-state index in [4.69, 9.17) is 4.74 Å². The fraction of sp³-hybridized carbons (Fsp3) is 0.533. The molecule has 1 aliphatic heterocycles. The summed E-state index contributed by atoms with van der Waals surface area (Å²) in [7, 11) is 0. The smallest absolute Gasteiger partial charge is 0.230 e. The van der Waals surface area contributed by atoms with E-state index in [9.17, 15) is 9.90 Å². The van der Waals surface area contributed by atoms with Crippen molar-refractivity contribution in [3.8, 4) is 5.75 Å². The van der Waals surface area contributed by atoms with E-state index in [-0.39, 0.29) is 24.3 Å². The van der Waals surface area contributed by atoms with E-state index in [2.05, 4.69) is 5.32 Å². The van der Waals surface area contributed by atoms with Gasteiger partial charge in [0.1, 0.15) is 5.75 Å². The quantitative estimate of drug-likeness (QED) is 0.875. The van der Waals surface area contributed by atoms with Crippen LogP contribution in [0.2, 0.25) is 0 Å². The number of rotatable bonds is 4. The van der Waals surface area contributed by atoms with Crippen molar-refractivity contribution in [3.05, 3.63) is 23.8 Å². The number of fused-ring (bicyclic) bond motifs is 1. The van der Waals surface area contributed by atoms with Crippen molar-refractivity contribution < 1.29 is 14.6 Å². The molecule has 2 rings (SSSR count). The Morgan fingerprint density at radius 2 is 2.26 bits per heavy atom. The molecule has 0 fully saturated rings. The minimum Gasteiger partial charge on any atom is -0.493 e. The molecule has 0 saturated heterocycles. The Morgan fingerprint density at radius 1 is 1.47 bits per heavy atom. The van der Waals surface area contributed by atoms with Crippen molar-refractivity contribution >= 4 is 11.6 Å². The fourth-order valence-corrected chi connectivity index (χ4v) is 2.27. The maximum Gasteiger partial charge on any atom is 0.230 e. The number of carbonyl (C=O) groups excluding carboxylic acids is 1. The number of ether oxygens (including phenoxy) is 1. The van der Waals surface area contributed by atoms with Gasteiger partial charge in [0, 0.05) is 5.69 Å². The summed E-state index contributed by atoms with van der Waals surface area (Å²) >= 11 is 0. The molecular weight excluding hydrogens is 242 g/mol. The van der Waals surface area contributed by atoms with Gasteiger partial charge in [0.15, 0.2) is 0 Å². The first-order valence-corrected chi connectivity index (χ1v) is 6.79. The Balaban J connectivity index is 2.08. The highest BCUT2D eigenvalue weighted by Crippen LogP contribution is 2.27. The molecule has 0 aromatic heterocycles. The zero-order valence-electron chi connectivity index (χ0n) is 11.5. The van der Waals surface area contributed by atoms with Gasteiger partial charge in [-0.1, -0.05) is 13.8 Å². The second-order valence-corrected chi connectivity index (χ2v) is 5.30. The van der Waals surface area contributed by atoms with Crippen LogP contribution in [0.3, 0.4) is 0 Å². The summed E-state index contributed by atoms with van der Waals surface area (Å²) in [6, 6.07) is 5.70. The maximum absolute atomic E-state index is 12.1. The van der Waals surface area contributed by atoms with E-state index in [1.807, 2.05) is 32.0 Å². The molecule has 4 heteroatoms. The largest absolute Gasteiger partial charge is 0.493 e. The van der Waals surface area contributed by atoms with Crippen LogP contribution in [0.25, 0.3) is 0 Å². The third-order valence-electron chi connectivity index (χ3n) is 3.51. The van der Waals surface area contributed by atoms with Crippen LogP contribution in [0, 0.1) is 11.8 Å². The van der Waals surface area contributed by atoms with Crippen LogP contribution < -0.4 is 10.1 Å². The highest BCUT2D eigenvalue weighted by Gasteiger charge is 2.21. The predicted molar refractivity (Wildman–Crippen MR) is 74.3 cm³/mol. The zero-order chi connectivity index (χ0) is 13.8. The maximum atomic E-state index is 12.1. The summed E-state index contributed by atoms with van der Waals surface area (Å²) in [4.78, 5) is 12.1. The van der Waals surface area contributed by atoms with Gasteiger partial charge in [-0.2, -0.15) is 0 Å². The SMILES string of the molecule is CC(C)C(CO)C(=O)Nc1ccc2c(c1)CCCO2. The lowest BCUT2D eigenvalue weighted by Gasteiger charge is -2.20. The molecule has 1 aromatic carbocycles. The number of nitrogens with one attached hydrogen (secondary N) is 1. The monoisotopic (exact) mass is 263 g/mol. The third-order valence-corrected chi connectivity index (χ3v) is 3.51. The number of hydrogen-bond donors (Lipinski definition) is 2. The molecular formula is C15H21NO3. The first kappa shape index (κ1) is 13.9. The van der Waals surface area contributed by atoms with Gasteiger partial charge in [-0.15, -0.1) is 0 Å². The lowest BCUT2D eigenvalue weighted by Crippen LogP contribution is -2.29. The summed E-state index contributed by atoms with van der Waals surface area (Å²) in [6.07, 6.45) is 1.99. The molecule has 1 heterocycles. The van der Waals surface area contributed by atoms with Gasteiger partial charge < -0.3 is 15.2 Å².